The van der Waals surface area contributed by atoms with E-state index in [1.54, 1.807) is 0 Å². The van der Waals surface area contributed by atoms with Crippen LogP contribution in [0.3, 0.4) is 0 Å². The zero-order chi connectivity index (χ0) is 15.8. The van der Waals surface area contributed by atoms with Gasteiger partial charge in [-0.05, 0) is 55.5 Å². The van der Waals surface area contributed by atoms with Gasteiger partial charge in [-0.2, -0.15) is 0 Å². The number of hydrogen-bond donors (Lipinski definition) is 0. The maximum absolute atomic E-state index is 12.2. The summed E-state index contributed by atoms with van der Waals surface area (Å²) in [4.78, 5) is 16.9. The fourth-order valence-electron chi connectivity index (χ4n) is 4.29. The number of likely N-dealkylation sites (tertiary alicyclic amines) is 2. The van der Waals surface area contributed by atoms with Crippen LogP contribution in [0.15, 0.2) is 0 Å². The molecule has 0 bridgehead atoms. The summed E-state index contributed by atoms with van der Waals surface area (Å²) in [5.74, 6) is 1.30. The van der Waals surface area contributed by atoms with E-state index in [0.29, 0.717) is 30.5 Å². The molecule has 1 amide bonds. The van der Waals surface area contributed by atoms with Crippen molar-refractivity contribution in [3.8, 4) is 0 Å². The molecule has 3 aliphatic rings. The summed E-state index contributed by atoms with van der Waals surface area (Å²) in [6, 6.07) is 1.37. The van der Waals surface area contributed by atoms with Crippen LogP contribution in [0.25, 0.3) is 0 Å². The third-order valence-corrected chi connectivity index (χ3v) is 5.58. The monoisotopic (exact) mass is 318 g/mol. The Kier molecular flexibility index (Phi) is 4.05. The van der Waals surface area contributed by atoms with Gasteiger partial charge < -0.3 is 4.90 Å². The molecule has 0 unspecified atom stereocenters. The molecule has 0 N–H and O–H groups in total. The van der Waals surface area contributed by atoms with Crippen molar-refractivity contribution in [2.24, 2.45) is 0 Å². The molecule has 1 aromatic rings. The summed E-state index contributed by atoms with van der Waals surface area (Å²) >= 11 is 0. The second-order valence-corrected chi connectivity index (χ2v) is 7.10. The van der Waals surface area contributed by atoms with Crippen LogP contribution in [0.1, 0.15) is 63.7 Å². The highest BCUT2D eigenvalue weighted by Crippen LogP contribution is 2.36. The second kappa shape index (κ2) is 6.19. The highest BCUT2D eigenvalue weighted by molar-refractivity contribution is 5.76. The molecule has 2 saturated heterocycles. The lowest BCUT2D eigenvalue weighted by molar-refractivity contribution is -0.132. The lowest BCUT2D eigenvalue weighted by Gasteiger charge is -2.34. The van der Waals surface area contributed by atoms with Crippen molar-refractivity contribution in [2.75, 3.05) is 13.1 Å². The second-order valence-electron chi connectivity index (χ2n) is 7.10. The predicted molar refractivity (Wildman–Crippen MR) is 84.5 cm³/mol. The van der Waals surface area contributed by atoms with Crippen molar-refractivity contribution >= 4 is 5.91 Å². The Morgan fingerprint density at radius 1 is 1.13 bits per heavy atom. The smallest absolute Gasteiger partial charge is 0.222 e. The third-order valence-electron chi connectivity index (χ3n) is 5.58. The van der Waals surface area contributed by atoms with E-state index in [2.05, 4.69) is 25.3 Å². The summed E-state index contributed by atoms with van der Waals surface area (Å²) in [7, 11) is 0. The van der Waals surface area contributed by atoms with Gasteiger partial charge in [0, 0.05) is 25.0 Å². The van der Waals surface area contributed by atoms with Crippen molar-refractivity contribution in [1.29, 1.82) is 0 Å². The van der Waals surface area contributed by atoms with Crippen molar-refractivity contribution in [2.45, 2.75) is 76.5 Å². The Hall–Kier alpha value is -1.50. The highest BCUT2D eigenvalue weighted by atomic mass is 16.2. The summed E-state index contributed by atoms with van der Waals surface area (Å²) < 4.78 is 2.01. The molecule has 4 rings (SSSR count). The van der Waals surface area contributed by atoms with Gasteiger partial charge in [-0.3, -0.25) is 9.69 Å². The van der Waals surface area contributed by atoms with E-state index in [4.69, 9.17) is 0 Å². The average molecular weight is 318 g/mol. The lowest BCUT2D eigenvalue weighted by atomic mass is 10.0. The number of amides is 1. The molecule has 0 radical (unpaired) electrons. The van der Waals surface area contributed by atoms with Crippen LogP contribution in [-0.4, -0.2) is 61.1 Å². The number of aromatic nitrogens is 4. The minimum absolute atomic E-state index is 0.308. The number of rotatable bonds is 5. The number of nitrogens with zero attached hydrogens (tertiary/aromatic N) is 6. The Morgan fingerprint density at radius 3 is 2.70 bits per heavy atom. The van der Waals surface area contributed by atoms with Gasteiger partial charge in [0.25, 0.3) is 0 Å². The quantitative estimate of drug-likeness (QED) is 0.820. The SMILES string of the molecule is CCC(=O)N1CCC[C@H]1[C@@H]1CCCN1Cc1nnnn1C1CC1. The fourth-order valence-corrected chi connectivity index (χ4v) is 4.29. The van der Waals surface area contributed by atoms with Gasteiger partial charge >= 0.3 is 0 Å². The fraction of sp³-hybridized carbons (Fsp3) is 0.875. The Bertz CT molecular complexity index is 569. The minimum Gasteiger partial charge on any atom is -0.338 e. The van der Waals surface area contributed by atoms with Crippen LogP contribution in [-0.2, 0) is 11.3 Å². The first-order chi connectivity index (χ1) is 11.3. The van der Waals surface area contributed by atoms with Gasteiger partial charge in [0.1, 0.15) is 0 Å². The largest absolute Gasteiger partial charge is 0.338 e. The van der Waals surface area contributed by atoms with Crippen LogP contribution >= 0.6 is 0 Å². The maximum Gasteiger partial charge on any atom is 0.222 e. The first-order valence-electron chi connectivity index (χ1n) is 9.08. The van der Waals surface area contributed by atoms with Crippen LogP contribution in [0.2, 0.25) is 0 Å². The van der Waals surface area contributed by atoms with Crippen LogP contribution in [0, 0.1) is 0 Å². The number of hydrogen-bond acceptors (Lipinski definition) is 5. The van der Waals surface area contributed by atoms with Gasteiger partial charge in [0.05, 0.1) is 12.6 Å². The summed E-state index contributed by atoms with van der Waals surface area (Å²) in [6.07, 6.45) is 7.68. The topological polar surface area (TPSA) is 67.2 Å². The molecule has 126 valence electrons. The minimum atomic E-state index is 0.308. The van der Waals surface area contributed by atoms with E-state index >= 15 is 0 Å². The van der Waals surface area contributed by atoms with E-state index < -0.39 is 0 Å². The first-order valence-corrected chi connectivity index (χ1v) is 9.08. The van der Waals surface area contributed by atoms with Crippen molar-refractivity contribution < 1.29 is 4.79 Å². The molecule has 1 aliphatic carbocycles. The molecular formula is C16H26N6O. The van der Waals surface area contributed by atoms with Crippen molar-refractivity contribution in [3.05, 3.63) is 5.82 Å². The van der Waals surface area contributed by atoms with E-state index in [0.717, 1.165) is 38.3 Å². The Balaban J connectivity index is 1.48. The van der Waals surface area contributed by atoms with Gasteiger partial charge in [0.2, 0.25) is 5.91 Å². The molecule has 0 spiro atoms. The molecule has 7 heteroatoms. The zero-order valence-corrected chi connectivity index (χ0v) is 13.9. The standard InChI is InChI=1S/C16H26N6O/c1-2-16(23)21-10-4-6-14(21)13-5-3-9-20(13)11-15-17-18-19-22(15)12-7-8-12/h12-14H,2-11H2,1H3/t13-,14-/m0/s1. The zero-order valence-electron chi connectivity index (χ0n) is 13.9. The predicted octanol–water partition coefficient (Wildman–Crippen LogP) is 1.37. The molecule has 3 fully saturated rings. The van der Waals surface area contributed by atoms with Gasteiger partial charge in [0.15, 0.2) is 5.82 Å². The Labute approximate surface area is 137 Å². The molecular weight excluding hydrogens is 292 g/mol. The van der Waals surface area contributed by atoms with Crippen LogP contribution in [0.4, 0.5) is 0 Å². The van der Waals surface area contributed by atoms with E-state index in [-0.39, 0.29) is 0 Å². The molecule has 2 atom stereocenters. The lowest BCUT2D eigenvalue weighted by Crippen LogP contribution is -2.48. The molecule has 1 aromatic heterocycles. The number of tetrazole rings is 1. The number of carbonyl (C=O) groups excluding carboxylic acids is 1. The summed E-state index contributed by atoms with van der Waals surface area (Å²) in [6.45, 7) is 4.81. The van der Waals surface area contributed by atoms with Gasteiger partial charge in [-0.25, -0.2) is 4.68 Å². The van der Waals surface area contributed by atoms with E-state index in [9.17, 15) is 4.79 Å². The molecule has 0 aromatic carbocycles. The van der Waals surface area contributed by atoms with Crippen molar-refractivity contribution in [3.63, 3.8) is 0 Å². The van der Waals surface area contributed by atoms with Crippen molar-refractivity contribution in [1.82, 2.24) is 30.0 Å². The highest BCUT2D eigenvalue weighted by Gasteiger charge is 2.40. The van der Waals surface area contributed by atoms with Gasteiger partial charge in [-0.1, -0.05) is 6.92 Å². The summed E-state index contributed by atoms with van der Waals surface area (Å²) in [5, 5.41) is 12.3. The molecule has 1 saturated carbocycles. The van der Waals surface area contributed by atoms with Crippen LogP contribution in [0.5, 0.6) is 0 Å². The summed E-state index contributed by atoms with van der Waals surface area (Å²) in [5.41, 5.74) is 0. The third kappa shape index (κ3) is 2.86. The number of carbonyl (C=O) groups is 1. The van der Waals surface area contributed by atoms with E-state index in [1.807, 2.05) is 11.6 Å². The first kappa shape index (κ1) is 15.1. The normalized spacial score (nSPS) is 28.7. The van der Waals surface area contributed by atoms with Gasteiger partial charge in [-0.15, -0.1) is 5.10 Å². The Morgan fingerprint density at radius 2 is 1.91 bits per heavy atom. The molecule has 3 heterocycles. The average Bonchev–Trinajstić information content (AvgIpc) is 2.97. The van der Waals surface area contributed by atoms with Crippen LogP contribution < -0.4 is 0 Å². The molecule has 23 heavy (non-hydrogen) atoms. The molecule has 2 aliphatic heterocycles. The maximum atomic E-state index is 12.2. The van der Waals surface area contributed by atoms with E-state index in [1.165, 1.54) is 25.7 Å². The molecule has 7 nitrogen and oxygen atoms in total.